The van der Waals surface area contributed by atoms with Crippen molar-refractivity contribution in [1.82, 2.24) is 0 Å². The minimum atomic E-state index is -1.15. The van der Waals surface area contributed by atoms with Gasteiger partial charge in [0, 0.05) is 0 Å². The van der Waals surface area contributed by atoms with Gasteiger partial charge in [0.2, 0.25) is 0 Å². The summed E-state index contributed by atoms with van der Waals surface area (Å²) in [6, 6.07) is 0. The Morgan fingerprint density at radius 1 is 1.11 bits per heavy atom. The molecule has 0 aromatic heterocycles. The topological polar surface area (TPSA) is 70.5 Å². The van der Waals surface area contributed by atoms with E-state index in [4.69, 9.17) is 11.5 Å². The van der Waals surface area contributed by atoms with E-state index >= 15 is 0 Å². The zero-order valence-corrected chi connectivity index (χ0v) is 8.16. The zero-order valence-electron chi connectivity index (χ0n) is 4.20. The van der Waals surface area contributed by atoms with Crippen LogP contribution in [0, 0.1) is 0 Å². The molecule has 0 aliphatic heterocycles. The summed E-state index contributed by atoms with van der Waals surface area (Å²) in [5, 5.41) is -0.0673. The van der Waals surface area contributed by atoms with Crippen LogP contribution in [0.2, 0.25) is 0 Å². The fourth-order valence-electron chi connectivity index (χ4n) is 0.0841. The van der Waals surface area contributed by atoms with Crippen molar-refractivity contribution in [1.29, 1.82) is 0 Å². The van der Waals surface area contributed by atoms with E-state index in [-0.39, 0.29) is 10.3 Å². The van der Waals surface area contributed by atoms with Crippen molar-refractivity contribution in [2.24, 2.45) is 11.5 Å². The quantitative estimate of drug-likeness (QED) is 0.501. The molecule has 0 spiro atoms. The van der Waals surface area contributed by atoms with Crippen LogP contribution in [0.3, 0.4) is 0 Å². The summed E-state index contributed by atoms with van der Waals surface area (Å²) in [7, 11) is 0. The summed E-state index contributed by atoms with van der Waals surface area (Å²) >= 11 is 7.60. The monoisotopic (exact) mass is 282 g/mol. The Morgan fingerprint density at radius 2 is 1.44 bits per heavy atom. The van der Waals surface area contributed by atoms with Gasteiger partial charge in [-0.25, -0.2) is 0 Å². The molecule has 0 amide bonds. The van der Waals surface area contributed by atoms with Crippen LogP contribution in [0.15, 0.2) is 0 Å². The van der Waals surface area contributed by atoms with Crippen molar-refractivity contribution >= 4 is 56.5 Å². The van der Waals surface area contributed by atoms with E-state index in [2.05, 4.69) is 30.6 Å². The first kappa shape index (κ1) is 9.17. The summed E-state index contributed by atoms with van der Waals surface area (Å²) in [4.78, 5) is 0. The van der Waals surface area contributed by atoms with E-state index in [1.165, 1.54) is 0 Å². The van der Waals surface area contributed by atoms with Crippen molar-refractivity contribution in [3.8, 4) is 0 Å². The second kappa shape index (κ2) is 4.99. The Kier molecular flexibility index (Phi) is 5.09. The average molecular weight is 280 g/mol. The van der Waals surface area contributed by atoms with Crippen LogP contribution in [0.5, 0.6) is 0 Å². The fraction of sp³-hybridized carbons (Fsp3) is 0. The van der Waals surface area contributed by atoms with Crippen molar-refractivity contribution < 1.29 is 6.20 Å². The third kappa shape index (κ3) is 8.17. The second-order valence-corrected chi connectivity index (χ2v) is 3.02. The molecule has 0 rings (SSSR count). The van der Waals surface area contributed by atoms with Gasteiger partial charge in [0.25, 0.3) is 0 Å². The number of hydrogen-bond donors (Lipinski definition) is 2. The third-order valence-electron chi connectivity index (χ3n) is 0.232. The van der Waals surface area contributed by atoms with Gasteiger partial charge in [0.15, 0.2) is 0 Å². The molecule has 0 bridgehead atoms. The van der Waals surface area contributed by atoms with Crippen molar-refractivity contribution in [3.63, 3.8) is 0 Å². The van der Waals surface area contributed by atoms with Gasteiger partial charge < -0.3 is 0 Å². The maximum atomic E-state index is 4.96. The number of thiocarbonyl (C=S) groups is 2. The average Bonchev–Trinajstić information content (AvgIpc) is 1.63. The van der Waals surface area contributed by atoms with E-state index in [9.17, 15) is 0 Å². The normalized spacial score (nSPS) is 8.00. The Balaban J connectivity index is 3.10. The molecule has 4 nitrogen and oxygen atoms in total. The standard InChI is InChI=1S/C2H4N2O2S2Te/c3-1(7)5-9-6-2(4)8/h(H2,3,7)(H2,4,8). The minimum absolute atomic E-state index is 0.0337. The molecule has 9 heavy (non-hydrogen) atoms. The van der Waals surface area contributed by atoms with Crippen LogP contribution < -0.4 is 11.5 Å². The Morgan fingerprint density at radius 3 is 1.67 bits per heavy atom. The molecule has 0 saturated carbocycles. The maximum absolute atomic E-state index is 4.96. The molecular weight excluding hydrogens is 276 g/mol. The predicted octanol–water partition coefficient (Wildman–Crippen LogP) is -0.959. The van der Waals surface area contributed by atoms with E-state index in [0.717, 1.165) is 0 Å². The van der Waals surface area contributed by atoms with Crippen LogP contribution in [0.25, 0.3) is 0 Å². The molecule has 0 unspecified atom stereocenters. The van der Waals surface area contributed by atoms with Gasteiger partial charge >= 0.3 is 74.2 Å². The molecule has 0 aromatic rings. The summed E-state index contributed by atoms with van der Waals surface area (Å²) < 4.78 is 9.20. The molecule has 7 heteroatoms. The summed E-state index contributed by atoms with van der Waals surface area (Å²) in [5.74, 6) is 0. The van der Waals surface area contributed by atoms with Gasteiger partial charge in [-0.15, -0.1) is 0 Å². The van der Waals surface area contributed by atoms with Gasteiger partial charge in [-0.05, 0) is 0 Å². The number of rotatable bonds is 2. The number of nitrogens with two attached hydrogens (primary N) is 2. The third-order valence-corrected chi connectivity index (χ3v) is 2.47. The fourth-order valence-corrected chi connectivity index (χ4v) is 0.937. The molecule has 0 saturated heterocycles. The molecule has 0 aliphatic rings. The van der Waals surface area contributed by atoms with E-state index in [1.54, 1.807) is 0 Å². The second-order valence-electron chi connectivity index (χ2n) is 0.873. The summed E-state index contributed by atoms with van der Waals surface area (Å²) in [5.41, 5.74) is 9.91. The number of hydrogen-bond acceptors (Lipinski definition) is 4. The van der Waals surface area contributed by atoms with Crippen LogP contribution in [-0.4, -0.2) is 32.1 Å². The van der Waals surface area contributed by atoms with Crippen molar-refractivity contribution in [2.45, 2.75) is 0 Å². The molecule has 0 fully saturated rings. The van der Waals surface area contributed by atoms with Gasteiger partial charge in [0.1, 0.15) is 0 Å². The molecule has 0 atom stereocenters. The first-order valence-electron chi connectivity index (χ1n) is 1.73. The van der Waals surface area contributed by atoms with E-state index in [1.807, 2.05) is 0 Å². The Hall–Kier alpha value is 0.170. The summed E-state index contributed by atoms with van der Waals surface area (Å²) in [6.45, 7) is 0. The van der Waals surface area contributed by atoms with Crippen molar-refractivity contribution in [2.75, 3.05) is 0 Å². The molecule has 0 aromatic carbocycles. The van der Waals surface area contributed by atoms with Crippen LogP contribution >= 0.6 is 24.4 Å². The van der Waals surface area contributed by atoms with Crippen LogP contribution in [-0.2, 0) is 6.20 Å². The molecule has 0 radical (unpaired) electrons. The first-order valence-corrected chi connectivity index (χ1v) is 4.45. The van der Waals surface area contributed by atoms with Gasteiger partial charge in [-0.3, -0.25) is 0 Å². The van der Waals surface area contributed by atoms with Crippen LogP contribution in [0.4, 0.5) is 0 Å². The van der Waals surface area contributed by atoms with Gasteiger partial charge in [-0.1, -0.05) is 0 Å². The van der Waals surface area contributed by atoms with Gasteiger partial charge in [0.05, 0.1) is 0 Å². The Labute approximate surface area is 74.0 Å². The molecule has 0 aliphatic carbocycles. The van der Waals surface area contributed by atoms with Crippen molar-refractivity contribution in [3.05, 3.63) is 0 Å². The van der Waals surface area contributed by atoms with E-state index in [0.29, 0.717) is 0 Å². The molecule has 52 valence electrons. The first-order chi connectivity index (χ1) is 4.13. The molecule has 4 N–H and O–H groups in total. The predicted molar refractivity (Wildman–Crippen MR) is 41.5 cm³/mol. The van der Waals surface area contributed by atoms with Crippen LogP contribution in [0.1, 0.15) is 0 Å². The van der Waals surface area contributed by atoms with E-state index < -0.39 is 21.7 Å². The molecule has 0 heterocycles. The summed E-state index contributed by atoms with van der Waals surface area (Å²) in [6.07, 6.45) is 0. The zero-order chi connectivity index (χ0) is 7.28. The Bertz CT molecular complexity index is 116. The molecular formula is C2H4N2O2S2Te. The SMILES string of the molecule is NC(=S)O[Te]OC(N)=S. The van der Waals surface area contributed by atoms with Gasteiger partial charge in [-0.2, -0.15) is 0 Å².